The van der Waals surface area contributed by atoms with Crippen molar-refractivity contribution in [1.82, 2.24) is 0 Å². The van der Waals surface area contributed by atoms with Crippen molar-refractivity contribution in [3.8, 4) is 0 Å². The van der Waals surface area contributed by atoms with E-state index in [0.29, 0.717) is 0 Å². The van der Waals surface area contributed by atoms with Crippen molar-refractivity contribution in [2.45, 2.75) is 12.8 Å². The summed E-state index contributed by atoms with van der Waals surface area (Å²) in [5.74, 6) is -3.65. The lowest BCUT2D eigenvalue weighted by atomic mass is 10.0. The first-order valence-corrected chi connectivity index (χ1v) is 4.68. The van der Waals surface area contributed by atoms with Crippen molar-refractivity contribution < 1.29 is 34.1 Å². The summed E-state index contributed by atoms with van der Waals surface area (Å²) in [6, 6.07) is 0. The Morgan fingerprint density at radius 2 is 1.53 bits per heavy atom. The lowest BCUT2D eigenvalue weighted by molar-refractivity contribution is -0.142. The Kier molecular flexibility index (Phi) is 6.57. The van der Waals surface area contributed by atoms with E-state index in [9.17, 15) is 14.4 Å². The van der Waals surface area contributed by atoms with E-state index in [1.54, 1.807) is 0 Å². The van der Waals surface area contributed by atoms with Crippen molar-refractivity contribution in [1.29, 1.82) is 0 Å². The van der Waals surface area contributed by atoms with Crippen molar-refractivity contribution >= 4 is 17.9 Å². The SMILES string of the molecule is COCCC(C(=O)O)=C(CC(=O)OC)C(=O)O. The van der Waals surface area contributed by atoms with Gasteiger partial charge in [0, 0.05) is 13.5 Å². The van der Waals surface area contributed by atoms with Crippen molar-refractivity contribution in [2.24, 2.45) is 0 Å². The number of methoxy groups -OCH3 is 2. The topological polar surface area (TPSA) is 110 Å². The normalized spacial score (nSPS) is 11.6. The molecule has 0 saturated heterocycles. The molecule has 17 heavy (non-hydrogen) atoms. The van der Waals surface area contributed by atoms with Gasteiger partial charge in [0.05, 0.1) is 31.3 Å². The van der Waals surface area contributed by atoms with Gasteiger partial charge < -0.3 is 19.7 Å². The molecule has 7 nitrogen and oxygen atoms in total. The average Bonchev–Trinajstić information content (AvgIpc) is 2.26. The highest BCUT2D eigenvalue weighted by atomic mass is 16.5. The number of carbonyl (C=O) groups excluding carboxylic acids is 1. The third kappa shape index (κ3) is 5.12. The molecule has 0 aromatic rings. The van der Waals surface area contributed by atoms with Gasteiger partial charge in [-0.1, -0.05) is 0 Å². The van der Waals surface area contributed by atoms with E-state index in [0.717, 1.165) is 7.11 Å². The number of ether oxygens (including phenoxy) is 2. The van der Waals surface area contributed by atoms with Crippen LogP contribution in [0.2, 0.25) is 0 Å². The van der Waals surface area contributed by atoms with Crippen molar-refractivity contribution in [3.63, 3.8) is 0 Å². The van der Waals surface area contributed by atoms with Gasteiger partial charge in [0.15, 0.2) is 0 Å². The second-order valence-electron chi connectivity index (χ2n) is 3.06. The van der Waals surface area contributed by atoms with Crippen LogP contribution in [0.15, 0.2) is 11.1 Å². The lowest BCUT2D eigenvalue weighted by Crippen LogP contribution is -2.16. The molecule has 0 radical (unpaired) electrons. The van der Waals surface area contributed by atoms with E-state index < -0.39 is 29.9 Å². The van der Waals surface area contributed by atoms with Gasteiger partial charge in [0.25, 0.3) is 0 Å². The molecule has 0 aromatic carbocycles. The summed E-state index contributed by atoms with van der Waals surface area (Å²) in [5.41, 5.74) is -0.842. The van der Waals surface area contributed by atoms with Crippen LogP contribution in [0.5, 0.6) is 0 Å². The number of hydrogen-bond acceptors (Lipinski definition) is 5. The van der Waals surface area contributed by atoms with Crippen LogP contribution >= 0.6 is 0 Å². The smallest absolute Gasteiger partial charge is 0.332 e. The summed E-state index contributed by atoms with van der Waals surface area (Å²) < 4.78 is 8.98. The summed E-state index contributed by atoms with van der Waals surface area (Å²) in [6.07, 6.45) is -0.679. The van der Waals surface area contributed by atoms with Crippen LogP contribution in [0.25, 0.3) is 0 Å². The van der Waals surface area contributed by atoms with Crippen LogP contribution < -0.4 is 0 Å². The van der Waals surface area contributed by atoms with E-state index in [1.807, 2.05) is 0 Å². The molecule has 0 spiro atoms. The Balaban J connectivity index is 5.19. The summed E-state index contributed by atoms with van der Waals surface area (Å²) in [6.45, 7) is 0.0551. The molecule has 0 amide bonds. The van der Waals surface area contributed by atoms with E-state index in [-0.39, 0.29) is 18.6 Å². The molecule has 0 aliphatic heterocycles. The molecule has 0 unspecified atom stereocenters. The van der Waals surface area contributed by atoms with Gasteiger partial charge in [-0.25, -0.2) is 9.59 Å². The minimum absolute atomic E-state index is 0.0551. The predicted molar refractivity (Wildman–Crippen MR) is 55.4 cm³/mol. The number of carboxylic acids is 2. The fraction of sp³-hybridized carbons (Fsp3) is 0.500. The highest BCUT2D eigenvalue weighted by Gasteiger charge is 2.22. The number of aliphatic carboxylic acids is 2. The molecule has 2 N–H and O–H groups in total. The minimum atomic E-state index is -1.45. The van der Waals surface area contributed by atoms with Crippen LogP contribution in [0.4, 0.5) is 0 Å². The zero-order valence-electron chi connectivity index (χ0n) is 9.56. The van der Waals surface area contributed by atoms with Gasteiger partial charge in [-0.15, -0.1) is 0 Å². The first-order chi connectivity index (χ1) is 7.93. The molecular formula is C10H14O7. The van der Waals surface area contributed by atoms with Gasteiger partial charge in [-0.05, 0) is 0 Å². The van der Waals surface area contributed by atoms with Crippen LogP contribution in [0, 0.1) is 0 Å². The maximum absolute atomic E-state index is 11.0. The highest BCUT2D eigenvalue weighted by Crippen LogP contribution is 2.14. The number of carbonyl (C=O) groups is 3. The van der Waals surface area contributed by atoms with Crippen LogP contribution in [0.1, 0.15) is 12.8 Å². The molecule has 0 saturated carbocycles. The Morgan fingerprint density at radius 3 is 1.88 bits per heavy atom. The van der Waals surface area contributed by atoms with Crippen LogP contribution in [-0.4, -0.2) is 48.9 Å². The quantitative estimate of drug-likeness (QED) is 0.482. The lowest BCUT2D eigenvalue weighted by Gasteiger charge is -2.07. The number of hydrogen-bond donors (Lipinski definition) is 2. The molecule has 0 aliphatic rings. The first kappa shape index (κ1) is 15.1. The molecule has 0 rings (SSSR count). The first-order valence-electron chi connectivity index (χ1n) is 4.68. The zero-order valence-corrected chi connectivity index (χ0v) is 9.56. The van der Waals surface area contributed by atoms with Gasteiger partial charge in [-0.2, -0.15) is 0 Å². The molecule has 0 aliphatic carbocycles. The second kappa shape index (κ2) is 7.39. The number of carboxylic acid groups (broad SMARTS) is 2. The molecule has 0 aromatic heterocycles. The number of rotatable bonds is 7. The monoisotopic (exact) mass is 246 g/mol. The maximum atomic E-state index is 11.0. The zero-order chi connectivity index (χ0) is 13.4. The van der Waals surface area contributed by atoms with Gasteiger partial charge in [0.1, 0.15) is 0 Å². The average molecular weight is 246 g/mol. The predicted octanol–water partition coefficient (Wildman–Crippen LogP) is 0.0518. The standard InChI is InChI=1S/C10H14O7/c1-16-4-3-6(9(12)13)7(10(14)15)5-8(11)17-2/h3-5H2,1-2H3,(H,12,13)(H,14,15). The van der Waals surface area contributed by atoms with E-state index in [1.165, 1.54) is 7.11 Å². The van der Waals surface area contributed by atoms with E-state index in [4.69, 9.17) is 10.2 Å². The Bertz CT molecular complexity index is 343. The molecule has 0 atom stereocenters. The van der Waals surface area contributed by atoms with Crippen LogP contribution in [-0.2, 0) is 23.9 Å². The molecule has 96 valence electrons. The maximum Gasteiger partial charge on any atom is 0.332 e. The van der Waals surface area contributed by atoms with Crippen LogP contribution in [0.3, 0.4) is 0 Å². The van der Waals surface area contributed by atoms with Gasteiger partial charge in [-0.3, -0.25) is 4.79 Å². The molecular weight excluding hydrogens is 232 g/mol. The summed E-state index contributed by atoms with van der Waals surface area (Å²) in [5, 5.41) is 17.7. The van der Waals surface area contributed by atoms with E-state index in [2.05, 4.69) is 9.47 Å². The Hall–Kier alpha value is -1.89. The Labute approximate surface area is 97.6 Å². The molecule has 7 heteroatoms. The fourth-order valence-corrected chi connectivity index (χ4v) is 1.12. The third-order valence-corrected chi connectivity index (χ3v) is 1.99. The molecule has 0 bridgehead atoms. The Morgan fingerprint density at radius 1 is 1.00 bits per heavy atom. The molecule has 0 fully saturated rings. The van der Waals surface area contributed by atoms with Crippen molar-refractivity contribution in [2.75, 3.05) is 20.8 Å². The minimum Gasteiger partial charge on any atom is -0.478 e. The fourth-order valence-electron chi connectivity index (χ4n) is 1.12. The van der Waals surface area contributed by atoms with Gasteiger partial charge in [0.2, 0.25) is 0 Å². The largest absolute Gasteiger partial charge is 0.478 e. The summed E-state index contributed by atoms with van der Waals surface area (Å²) in [4.78, 5) is 32.8. The molecule has 0 heterocycles. The van der Waals surface area contributed by atoms with Gasteiger partial charge >= 0.3 is 17.9 Å². The third-order valence-electron chi connectivity index (χ3n) is 1.99. The summed E-state index contributed by atoms with van der Waals surface area (Å²) in [7, 11) is 2.46. The number of esters is 1. The van der Waals surface area contributed by atoms with E-state index >= 15 is 0 Å². The van der Waals surface area contributed by atoms with Crippen molar-refractivity contribution in [3.05, 3.63) is 11.1 Å². The summed E-state index contributed by atoms with van der Waals surface area (Å²) >= 11 is 0. The highest BCUT2D eigenvalue weighted by molar-refractivity contribution is 6.01. The second-order valence-corrected chi connectivity index (χ2v) is 3.06.